The number of hydrogen-bond donors (Lipinski definition) is 2. The van der Waals surface area contributed by atoms with Gasteiger partial charge in [0, 0.05) is 18.7 Å². The van der Waals surface area contributed by atoms with Crippen LogP contribution in [0.15, 0.2) is 48.5 Å². The van der Waals surface area contributed by atoms with E-state index in [0.717, 1.165) is 16.0 Å². The van der Waals surface area contributed by atoms with Gasteiger partial charge in [-0.3, -0.25) is 14.5 Å². The standard InChI is InChI=1S/C19H18FN3O3/c20-15-4-1-3-14(11-15)13-6-8-16(9-7-13)22-17(24)5-2-10-23-18(25)12-21-19(23)26/h1,3-4,6-9,11H,2,5,10,12H2,(H,21,26)(H,22,24). The van der Waals surface area contributed by atoms with Crippen molar-refractivity contribution >= 4 is 23.5 Å². The lowest BCUT2D eigenvalue weighted by Crippen LogP contribution is -2.32. The van der Waals surface area contributed by atoms with E-state index in [0.29, 0.717) is 12.1 Å². The number of anilines is 1. The molecule has 2 aromatic carbocycles. The fourth-order valence-corrected chi connectivity index (χ4v) is 2.72. The molecule has 6 nitrogen and oxygen atoms in total. The molecule has 1 heterocycles. The molecule has 1 fully saturated rings. The van der Waals surface area contributed by atoms with Crippen molar-refractivity contribution in [2.24, 2.45) is 0 Å². The van der Waals surface area contributed by atoms with Gasteiger partial charge in [0.25, 0.3) is 0 Å². The Balaban J connectivity index is 1.50. The highest BCUT2D eigenvalue weighted by Crippen LogP contribution is 2.22. The van der Waals surface area contributed by atoms with Crippen LogP contribution >= 0.6 is 0 Å². The summed E-state index contributed by atoms with van der Waals surface area (Å²) in [7, 11) is 0. The highest BCUT2D eigenvalue weighted by Gasteiger charge is 2.27. The third kappa shape index (κ3) is 4.24. The predicted octanol–water partition coefficient (Wildman–Crippen LogP) is 2.76. The number of amides is 4. The molecule has 3 rings (SSSR count). The number of benzene rings is 2. The van der Waals surface area contributed by atoms with Crippen molar-refractivity contribution in [2.75, 3.05) is 18.4 Å². The second kappa shape index (κ2) is 7.77. The van der Waals surface area contributed by atoms with Gasteiger partial charge in [0.2, 0.25) is 11.8 Å². The predicted molar refractivity (Wildman–Crippen MR) is 94.8 cm³/mol. The third-order valence-electron chi connectivity index (χ3n) is 4.05. The van der Waals surface area contributed by atoms with Gasteiger partial charge in [-0.25, -0.2) is 9.18 Å². The van der Waals surface area contributed by atoms with Crippen LogP contribution in [0.25, 0.3) is 11.1 Å². The van der Waals surface area contributed by atoms with E-state index in [4.69, 9.17) is 0 Å². The SMILES string of the molecule is O=C(CCCN1C(=O)CNC1=O)Nc1ccc(-c2cccc(F)c2)cc1. The molecule has 7 heteroatoms. The summed E-state index contributed by atoms with van der Waals surface area (Å²) in [6, 6.07) is 13.0. The number of hydrogen-bond acceptors (Lipinski definition) is 3. The lowest BCUT2D eigenvalue weighted by atomic mass is 10.1. The van der Waals surface area contributed by atoms with Crippen LogP contribution in [-0.2, 0) is 9.59 Å². The van der Waals surface area contributed by atoms with Gasteiger partial charge in [-0.2, -0.15) is 0 Å². The van der Waals surface area contributed by atoms with Crippen molar-refractivity contribution in [3.8, 4) is 11.1 Å². The molecule has 1 aliphatic rings. The van der Waals surface area contributed by atoms with Gasteiger partial charge in [0.1, 0.15) is 5.82 Å². The van der Waals surface area contributed by atoms with E-state index in [1.807, 2.05) is 6.07 Å². The molecule has 0 bridgehead atoms. The van der Waals surface area contributed by atoms with E-state index in [-0.39, 0.29) is 37.1 Å². The number of rotatable bonds is 6. The molecule has 2 N–H and O–H groups in total. The quantitative estimate of drug-likeness (QED) is 0.782. The van der Waals surface area contributed by atoms with Crippen molar-refractivity contribution in [3.63, 3.8) is 0 Å². The minimum atomic E-state index is -0.414. The van der Waals surface area contributed by atoms with Crippen LogP contribution in [0.3, 0.4) is 0 Å². The van der Waals surface area contributed by atoms with Crippen molar-refractivity contribution in [3.05, 3.63) is 54.3 Å². The summed E-state index contributed by atoms with van der Waals surface area (Å²) in [6.45, 7) is 0.235. The van der Waals surface area contributed by atoms with Gasteiger partial charge in [-0.1, -0.05) is 24.3 Å². The van der Waals surface area contributed by atoms with Crippen molar-refractivity contribution < 1.29 is 18.8 Å². The fourth-order valence-electron chi connectivity index (χ4n) is 2.72. The molecule has 0 radical (unpaired) electrons. The van der Waals surface area contributed by atoms with Crippen molar-refractivity contribution in [1.29, 1.82) is 0 Å². The van der Waals surface area contributed by atoms with Crippen LogP contribution < -0.4 is 10.6 Å². The molecule has 0 saturated carbocycles. The number of carbonyl (C=O) groups excluding carboxylic acids is 3. The number of halogens is 1. The van der Waals surface area contributed by atoms with Crippen LogP contribution in [0.2, 0.25) is 0 Å². The first kappa shape index (κ1) is 17.6. The second-order valence-electron chi connectivity index (χ2n) is 5.94. The fraction of sp³-hybridized carbons (Fsp3) is 0.211. The molecule has 2 aromatic rings. The monoisotopic (exact) mass is 355 g/mol. The Bertz CT molecular complexity index is 820. The molecular weight excluding hydrogens is 337 g/mol. The summed E-state index contributed by atoms with van der Waals surface area (Å²) in [5.41, 5.74) is 2.24. The molecule has 4 amide bonds. The zero-order valence-electron chi connectivity index (χ0n) is 14.0. The molecule has 0 aromatic heterocycles. The third-order valence-corrected chi connectivity index (χ3v) is 4.05. The number of urea groups is 1. The first-order valence-electron chi connectivity index (χ1n) is 8.27. The molecule has 26 heavy (non-hydrogen) atoms. The summed E-state index contributed by atoms with van der Waals surface area (Å²) in [5.74, 6) is -0.774. The van der Waals surface area contributed by atoms with Crippen molar-refractivity contribution in [2.45, 2.75) is 12.8 Å². The molecule has 1 aliphatic heterocycles. The van der Waals surface area contributed by atoms with Crippen molar-refractivity contribution in [1.82, 2.24) is 10.2 Å². The highest BCUT2D eigenvalue weighted by atomic mass is 19.1. The molecule has 134 valence electrons. The number of imide groups is 1. The Kier molecular flexibility index (Phi) is 5.26. The van der Waals surface area contributed by atoms with Gasteiger partial charge >= 0.3 is 6.03 Å². The van der Waals surface area contributed by atoms with Gasteiger partial charge < -0.3 is 10.6 Å². The van der Waals surface area contributed by atoms with Crippen LogP contribution in [0, 0.1) is 5.82 Å². The van der Waals surface area contributed by atoms with E-state index in [9.17, 15) is 18.8 Å². The summed E-state index contributed by atoms with van der Waals surface area (Å²) < 4.78 is 13.3. The van der Waals surface area contributed by atoms with E-state index in [2.05, 4.69) is 10.6 Å². The maximum absolute atomic E-state index is 13.3. The Hall–Kier alpha value is -3.22. The summed E-state index contributed by atoms with van der Waals surface area (Å²) >= 11 is 0. The molecule has 0 spiro atoms. The minimum Gasteiger partial charge on any atom is -0.329 e. The number of nitrogens with zero attached hydrogens (tertiary/aromatic N) is 1. The van der Waals surface area contributed by atoms with Crippen LogP contribution in [0.4, 0.5) is 14.9 Å². The number of carbonyl (C=O) groups is 3. The van der Waals surface area contributed by atoms with Crippen LogP contribution in [0.1, 0.15) is 12.8 Å². The van der Waals surface area contributed by atoms with Crippen LogP contribution in [0.5, 0.6) is 0 Å². The zero-order chi connectivity index (χ0) is 18.5. The number of nitrogens with one attached hydrogen (secondary N) is 2. The van der Waals surface area contributed by atoms with E-state index < -0.39 is 6.03 Å². The van der Waals surface area contributed by atoms with Crippen LogP contribution in [-0.4, -0.2) is 35.8 Å². The summed E-state index contributed by atoms with van der Waals surface area (Å²) in [4.78, 5) is 35.9. The average Bonchev–Trinajstić information content (AvgIpc) is 2.94. The molecule has 0 atom stereocenters. The molecular formula is C19H18FN3O3. The molecule has 0 unspecified atom stereocenters. The first-order chi connectivity index (χ1) is 12.5. The van der Waals surface area contributed by atoms with E-state index in [1.165, 1.54) is 12.1 Å². The first-order valence-corrected chi connectivity index (χ1v) is 8.27. The average molecular weight is 355 g/mol. The second-order valence-corrected chi connectivity index (χ2v) is 5.94. The lowest BCUT2D eigenvalue weighted by Gasteiger charge is -2.12. The zero-order valence-corrected chi connectivity index (χ0v) is 14.0. The van der Waals surface area contributed by atoms with E-state index in [1.54, 1.807) is 30.3 Å². The maximum atomic E-state index is 13.3. The van der Waals surface area contributed by atoms with Gasteiger partial charge in [0.05, 0.1) is 6.54 Å². The molecule has 0 aliphatic carbocycles. The minimum absolute atomic E-state index is 0.0166. The summed E-state index contributed by atoms with van der Waals surface area (Å²) in [6.07, 6.45) is 0.592. The molecule has 1 saturated heterocycles. The highest BCUT2D eigenvalue weighted by molar-refractivity contribution is 6.02. The maximum Gasteiger partial charge on any atom is 0.324 e. The Morgan fingerprint density at radius 1 is 1.12 bits per heavy atom. The Morgan fingerprint density at radius 3 is 2.54 bits per heavy atom. The largest absolute Gasteiger partial charge is 0.329 e. The smallest absolute Gasteiger partial charge is 0.324 e. The summed E-state index contributed by atoms with van der Waals surface area (Å²) in [5, 5.41) is 5.20. The Labute approximate surface area is 150 Å². The Morgan fingerprint density at radius 2 is 1.88 bits per heavy atom. The van der Waals surface area contributed by atoms with Gasteiger partial charge in [-0.05, 0) is 41.8 Å². The van der Waals surface area contributed by atoms with E-state index >= 15 is 0 Å². The topological polar surface area (TPSA) is 78.5 Å². The normalized spacial score (nSPS) is 13.7. The lowest BCUT2D eigenvalue weighted by molar-refractivity contribution is -0.125. The van der Waals surface area contributed by atoms with Gasteiger partial charge in [-0.15, -0.1) is 0 Å². The van der Waals surface area contributed by atoms with Gasteiger partial charge in [0.15, 0.2) is 0 Å².